The Bertz CT molecular complexity index is 638. The van der Waals surface area contributed by atoms with Gasteiger partial charge in [-0.15, -0.1) is 0 Å². The van der Waals surface area contributed by atoms with Crippen LogP contribution >= 0.6 is 0 Å². The van der Waals surface area contributed by atoms with E-state index in [4.69, 9.17) is 0 Å². The maximum atomic E-state index is 11.4. The molecule has 3 heterocycles. The highest BCUT2D eigenvalue weighted by atomic mass is 16.4. The van der Waals surface area contributed by atoms with Crippen LogP contribution in [0.2, 0.25) is 0 Å². The van der Waals surface area contributed by atoms with Crippen molar-refractivity contribution in [3.63, 3.8) is 0 Å². The molecule has 4 rings (SSSR count). The highest BCUT2D eigenvalue weighted by Crippen LogP contribution is 2.51. The minimum absolute atomic E-state index is 0.298. The van der Waals surface area contributed by atoms with Crippen LogP contribution in [0, 0.1) is 11.8 Å². The van der Waals surface area contributed by atoms with Gasteiger partial charge in [-0.2, -0.15) is 0 Å². The zero-order valence-electron chi connectivity index (χ0n) is 9.58. The van der Waals surface area contributed by atoms with Crippen molar-refractivity contribution in [1.29, 1.82) is 0 Å². The normalized spacial score (nSPS) is 29.6. The topological polar surface area (TPSA) is 82.1 Å². The summed E-state index contributed by atoms with van der Waals surface area (Å²) < 4.78 is 0. The Hall–Kier alpha value is -2.11. The number of aromatic amines is 1. The van der Waals surface area contributed by atoms with Gasteiger partial charge in [-0.3, -0.25) is 0 Å². The lowest BCUT2D eigenvalue weighted by molar-refractivity contribution is -0.138. The number of carboxylic acid groups (broad SMARTS) is 1. The third-order valence-corrected chi connectivity index (χ3v) is 4.01. The van der Waals surface area contributed by atoms with Crippen molar-refractivity contribution in [3.8, 4) is 0 Å². The van der Waals surface area contributed by atoms with E-state index in [2.05, 4.69) is 15.0 Å². The number of anilines is 1. The molecule has 92 valence electrons. The predicted molar refractivity (Wildman–Crippen MR) is 64.3 cm³/mol. The summed E-state index contributed by atoms with van der Waals surface area (Å²) in [6.45, 7) is 0.791. The highest BCUT2D eigenvalue weighted by Gasteiger charge is 2.56. The van der Waals surface area contributed by atoms with E-state index >= 15 is 0 Å². The summed E-state index contributed by atoms with van der Waals surface area (Å²) in [6.07, 6.45) is 4.32. The molecule has 1 saturated carbocycles. The molecule has 1 saturated heterocycles. The maximum Gasteiger partial charge on any atom is 0.326 e. The quantitative estimate of drug-likeness (QED) is 0.819. The number of hydrogen-bond acceptors (Lipinski definition) is 4. The summed E-state index contributed by atoms with van der Waals surface area (Å²) in [7, 11) is 0. The van der Waals surface area contributed by atoms with Crippen molar-refractivity contribution in [3.05, 3.63) is 18.6 Å². The predicted octanol–water partition coefficient (Wildman–Crippen LogP) is 0.867. The first-order chi connectivity index (χ1) is 8.75. The highest BCUT2D eigenvalue weighted by molar-refractivity contribution is 5.90. The lowest BCUT2D eigenvalue weighted by Gasteiger charge is -2.25. The number of nitrogens with one attached hydrogen (secondary N) is 1. The zero-order chi connectivity index (χ0) is 12.3. The van der Waals surface area contributed by atoms with E-state index in [9.17, 15) is 9.90 Å². The molecule has 6 heteroatoms. The van der Waals surface area contributed by atoms with E-state index in [1.54, 1.807) is 6.20 Å². The van der Waals surface area contributed by atoms with Crippen molar-refractivity contribution >= 4 is 22.8 Å². The molecule has 18 heavy (non-hydrogen) atoms. The van der Waals surface area contributed by atoms with Crippen molar-refractivity contribution in [2.45, 2.75) is 12.5 Å². The van der Waals surface area contributed by atoms with Crippen LogP contribution in [0.15, 0.2) is 18.6 Å². The van der Waals surface area contributed by atoms with Gasteiger partial charge in [0.2, 0.25) is 0 Å². The number of nitrogens with zero attached hydrogens (tertiary/aromatic N) is 3. The number of carbonyl (C=O) groups is 1. The minimum Gasteiger partial charge on any atom is -0.480 e. The second-order valence-electron chi connectivity index (χ2n) is 5.03. The summed E-state index contributed by atoms with van der Waals surface area (Å²) in [5.41, 5.74) is 0.754. The van der Waals surface area contributed by atoms with Crippen LogP contribution in [0.4, 0.5) is 5.82 Å². The number of fused-ring (bicyclic) bond motifs is 2. The number of piperidine rings is 1. The van der Waals surface area contributed by atoms with Gasteiger partial charge in [0.1, 0.15) is 23.8 Å². The first kappa shape index (κ1) is 9.87. The smallest absolute Gasteiger partial charge is 0.326 e. The van der Waals surface area contributed by atoms with Crippen LogP contribution in [0.1, 0.15) is 6.42 Å². The molecule has 3 atom stereocenters. The molecule has 2 aliphatic rings. The van der Waals surface area contributed by atoms with Gasteiger partial charge in [0.25, 0.3) is 0 Å². The molecule has 3 unspecified atom stereocenters. The summed E-state index contributed by atoms with van der Waals surface area (Å²) >= 11 is 0. The van der Waals surface area contributed by atoms with Crippen LogP contribution in [0.25, 0.3) is 11.0 Å². The molecule has 2 aromatic heterocycles. The third kappa shape index (κ3) is 1.20. The molecule has 2 fully saturated rings. The Kier molecular flexibility index (Phi) is 1.76. The molecule has 0 radical (unpaired) electrons. The molecular formula is C12H12N4O2. The molecule has 0 aromatic carbocycles. The van der Waals surface area contributed by atoms with Gasteiger partial charge in [0, 0.05) is 12.7 Å². The fraction of sp³-hybridized carbons (Fsp3) is 0.417. The lowest BCUT2D eigenvalue weighted by atomic mass is 10.2. The Morgan fingerprint density at radius 3 is 3.22 bits per heavy atom. The van der Waals surface area contributed by atoms with Crippen molar-refractivity contribution in [2.24, 2.45) is 11.8 Å². The monoisotopic (exact) mass is 244 g/mol. The molecular weight excluding hydrogens is 232 g/mol. The number of rotatable bonds is 2. The fourth-order valence-corrected chi connectivity index (χ4v) is 3.09. The van der Waals surface area contributed by atoms with Crippen LogP contribution in [-0.2, 0) is 4.79 Å². The van der Waals surface area contributed by atoms with Gasteiger partial charge >= 0.3 is 5.97 Å². The van der Waals surface area contributed by atoms with Crippen LogP contribution in [-0.4, -0.2) is 38.6 Å². The molecule has 2 aromatic rings. The number of H-pyrrole nitrogens is 1. The van der Waals surface area contributed by atoms with E-state index in [1.807, 2.05) is 11.0 Å². The average molecular weight is 244 g/mol. The van der Waals surface area contributed by atoms with E-state index in [0.717, 1.165) is 29.8 Å². The standard InChI is InChI=1S/C12H12N4O2/c17-12(18)9-8-3-6(8)4-16(9)11-7-1-2-13-10(7)14-5-15-11/h1-2,5-6,8-9H,3-4H2,(H,17,18)(H,13,14,15). The van der Waals surface area contributed by atoms with E-state index in [0.29, 0.717) is 11.8 Å². The minimum atomic E-state index is -0.748. The molecule has 2 N–H and O–H groups in total. The van der Waals surface area contributed by atoms with Crippen LogP contribution in [0.3, 0.4) is 0 Å². The summed E-state index contributed by atoms with van der Waals surface area (Å²) in [6, 6.07) is 1.47. The lowest BCUT2D eigenvalue weighted by Crippen LogP contribution is -2.40. The Morgan fingerprint density at radius 1 is 1.50 bits per heavy atom. The summed E-state index contributed by atoms with van der Waals surface area (Å²) in [5.74, 6) is 0.810. The average Bonchev–Trinajstić information content (AvgIpc) is 2.82. The van der Waals surface area contributed by atoms with Gasteiger partial charge in [-0.1, -0.05) is 0 Å². The number of aromatic nitrogens is 3. The molecule has 1 aliphatic carbocycles. The Labute approximate surface area is 103 Å². The zero-order valence-corrected chi connectivity index (χ0v) is 9.58. The van der Waals surface area contributed by atoms with Gasteiger partial charge in [-0.05, 0) is 24.3 Å². The fourth-order valence-electron chi connectivity index (χ4n) is 3.09. The van der Waals surface area contributed by atoms with Gasteiger partial charge < -0.3 is 15.0 Å². The first-order valence-electron chi connectivity index (χ1n) is 6.03. The first-order valence-corrected chi connectivity index (χ1v) is 6.03. The number of hydrogen-bond donors (Lipinski definition) is 2. The van der Waals surface area contributed by atoms with Crippen LogP contribution < -0.4 is 4.90 Å². The molecule has 1 aliphatic heterocycles. The maximum absolute atomic E-state index is 11.4. The molecule has 0 bridgehead atoms. The molecule has 0 amide bonds. The van der Waals surface area contributed by atoms with Crippen molar-refractivity contribution < 1.29 is 9.90 Å². The second kappa shape index (κ2) is 3.22. The second-order valence-corrected chi connectivity index (χ2v) is 5.03. The summed E-state index contributed by atoms with van der Waals surface area (Å²) in [5, 5.41) is 10.3. The Morgan fingerprint density at radius 2 is 2.39 bits per heavy atom. The van der Waals surface area contributed by atoms with Gasteiger partial charge in [0.05, 0.1) is 5.39 Å². The van der Waals surface area contributed by atoms with Crippen molar-refractivity contribution in [1.82, 2.24) is 15.0 Å². The van der Waals surface area contributed by atoms with Gasteiger partial charge in [-0.25, -0.2) is 14.8 Å². The van der Waals surface area contributed by atoms with Crippen molar-refractivity contribution in [2.75, 3.05) is 11.4 Å². The van der Waals surface area contributed by atoms with E-state index < -0.39 is 12.0 Å². The van der Waals surface area contributed by atoms with E-state index in [-0.39, 0.29) is 0 Å². The Balaban J connectivity index is 1.83. The largest absolute Gasteiger partial charge is 0.480 e. The number of aliphatic carboxylic acids is 1. The molecule has 6 nitrogen and oxygen atoms in total. The third-order valence-electron chi connectivity index (χ3n) is 4.01. The molecule has 0 spiro atoms. The summed E-state index contributed by atoms with van der Waals surface area (Å²) in [4.78, 5) is 24.8. The van der Waals surface area contributed by atoms with Crippen LogP contribution in [0.5, 0.6) is 0 Å². The van der Waals surface area contributed by atoms with E-state index in [1.165, 1.54) is 6.33 Å². The number of carboxylic acids is 1. The van der Waals surface area contributed by atoms with Gasteiger partial charge in [0.15, 0.2) is 0 Å². The SMILES string of the molecule is O=C(O)C1C2CC2CN1c1ncnc2[nH]ccc12.